The average Bonchev–Trinajstić information content (AvgIpc) is 2.67. The van der Waals surface area contributed by atoms with Gasteiger partial charge in [-0.1, -0.05) is 66.2 Å². The zero-order valence-electron chi connectivity index (χ0n) is 14.2. The Balaban J connectivity index is 1.58. The van der Waals surface area contributed by atoms with E-state index in [-0.39, 0.29) is 0 Å². The summed E-state index contributed by atoms with van der Waals surface area (Å²) in [7, 11) is 0. The molecular weight excluding hydrogens is 296 g/mol. The van der Waals surface area contributed by atoms with Crippen LogP contribution in [0.1, 0.15) is 36.0 Å². The van der Waals surface area contributed by atoms with Crippen LogP contribution >= 0.6 is 0 Å². The van der Waals surface area contributed by atoms with Crippen LogP contribution in [0.5, 0.6) is 0 Å². The molecule has 0 radical (unpaired) electrons. The molecule has 1 saturated heterocycles. The zero-order chi connectivity index (χ0) is 16.6. The van der Waals surface area contributed by atoms with E-state index in [0.717, 1.165) is 43.8 Å². The maximum absolute atomic E-state index is 9.39. The van der Waals surface area contributed by atoms with E-state index < -0.39 is 0 Å². The molecule has 0 atom stereocenters. The van der Waals surface area contributed by atoms with Crippen LogP contribution in [-0.2, 0) is 12.8 Å². The largest absolute Gasteiger partial charge is 0.411 e. The summed E-state index contributed by atoms with van der Waals surface area (Å²) in [4.78, 5) is 2.38. The molecule has 0 aromatic heterocycles. The van der Waals surface area contributed by atoms with Crippen LogP contribution < -0.4 is 0 Å². The highest BCUT2D eigenvalue weighted by Gasteiger charge is 2.14. The molecule has 3 heteroatoms. The first kappa shape index (κ1) is 16.7. The monoisotopic (exact) mass is 322 g/mol. The Morgan fingerprint density at radius 3 is 2.08 bits per heavy atom. The summed E-state index contributed by atoms with van der Waals surface area (Å²) >= 11 is 0. The Bertz CT molecular complexity index is 643. The van der Waals surface area contributed by atoms with Crippen molar-refractivity contribution in [3.63, 3.8) is 0 Å². The molecule has 0 saturated carbocycles. The molecule has 1 aliphatic rings. The fourth-order valence-electron chi connectivity index (χ4n) is 3.31. The highest BCUT2D eigenvalue weighted by atomic mass is 16.4. The van der Waals surface area contributed by atoms with Crippen LogP contribution in [0.25, 0.3) is 0 Å². The Morgan fingerprint density at radius 1 is 0.833 bits per heavy atom. The molecule has 0 aliphatic carbocycles. The quantitative estimate of drug-likeness (QED) is 0.493. The number of hydrogen-bond donors (Lipinski definition) is 1. The molecule has 0 bridgehead atoms. The van der Waals surface area contributed by atoms with Crippen LogP contribution in [0.4, 0.5) is 0 Å². The van der Waals surface area contributed by atoms with E-state index in [4.69, 9.17) is 0 Å². The van der Waals surface area contributed by atoms with Gasteiger partial charge in [0.1, 0.15) is 5.71 Å². The Morgan fingerprint density at radius 2 is 1.46 bits per heavy atom. The van der Waals surface area contributed by atoms with Gasteiger partial charge in [-0.3, -0.25) is 4.90 Å². The summed E-state index contributed by atoms with van der Waals surface area (Å²) in [6.07, 6.45) is 5.89. The molecule has 0 spiro atoms. The van der Waals surface area contributed by atoms with E-state index in [0.29, 0.717) is 0 Å². The second-order valence-electron chi connectivity index (χ2n) is 6.57. The van der Waals surface area contributed by atoms with Crippen molar-refractivity contribution in [2.24, 2.45) is 5.16 Å². The van der Waals surface area contributed by atoms with Crippen LogP contribution in [0, 0.1) is 0 Å². The number of aryl methyl sites for hydroxylation is 2. The molecule has 1 fully saturated rings. The molecule has 0 unspecified atom stereocenters. The van der Waals surface area contributed by atoms with Crippen molar-refractivity contribution in [3.05, 3.63) is 71.3 Å². The number of rotatable bonds is 6. The topological polar surface area (TPSA) is 35.8 Å². The van der Waals surface area contributed by atoms with Gasteiger partial charge in [-0.05, 0) is 49.9 Å². The first-order valence-corrected chi connectivity index (χ1v) is 8.92. The van der Waals surface area contributed by atoms with Crippen LogP contribution in [-0.4, -0.2) is 35.5 Å². The van der Waals surface area contributed by atoms with Crippen molar-refractivity contribution in [1.82, 2.24) is 4.90 Å². The summed E-state index contributed by atoms with van der Waals surface area (Å²) in [5, 5.41) is 12.9. The number of hydrogen-bond acceptors (Lipinski definition) is 3. The lowest BCUT2D eigenvalue weighted by Gasteiger charge is -2.26. The van der Waals surface area contributed by atoms with Gasteiger partial charge in [0.15, 0.2) is 0 Å². The highest BCUT2D eigenvalue weighted by molar-refractivity contribution is 6.01. The highest BCUT2D eigenvalue weighted by Crippen LogP contribution is 2.13. The molecule has 1 N–H and O–H groups in total. The predicted octanol–water partition coefficient (Wildman–Crippen LogP) is 4.14. The van der Waals surface area contributed by atoms with Crippen LogP contribution in [0.2, 0.25) is 0 Å². The fourth-order valence-corrected chi connectivity index (χ4v) is 3.31. The van der Waals surface area contributed by atoms with E-state index in [1.807, 2.05) is 0 Å². The number of likely N-dealkylation sites (tertiary alicyclic amines) is 1. The van der Waals surface area contributed by atoms with Gasteiger partial charge >= 0.3 is 0 Å². The zero-order valence-corrected chi connectivity index (χ0v) is 14.2. The Labute approximate surface area is 144 Å². The van der Waals surface area contributed by atoms with Crippen molar-refractivity contribution < 1.29 is 5.21 Å². The van der Waals surface area contributed by atoms with Gasteiger partial charge in [0.25, 0.3) is 0 Å². The minimum Gasteiger partial charge on any atom is -0.411 e. The van der Waals surface area contributed by atoms with Gasteiger partial charge in [0, 0.05) is 12.1 Å². The van der Waals surface area contributed by atoms with Gasteiger partial charge in [-0.25, -0.2) is 0 Å². The summed E-state index contributed by atoms with van der Waals surface area (Å²) in [6.45, 7) is 2.95. The number of nitrogens with zero attached hydrogens (tertiary/aromatic N) is 2. The van der Waals surface area contributed by atoms with Crippen LogP contribution in [0.15, 0.2) is 59.8 Å². The van der Waals surface area contributed by atoms with Crippen molar-refractivity contribution in [1.29, 1.82) is 0 Å². The molecule has 2 aromatic carbocycles. The number of oxime groups is 1. The first-order valence-electron chi connectivity index (χ1n) is 8.92. The van der Waals surface area contributed by atoms with E-state index in [1.54, 1.807) is 0 Å². The smallest absolute Gasteiger partial charge is 0.101 e. The number of benzene rings is 2. The molecule has 0 amide bonds. The Hall–Kier alpha value is -2.13. The minimum atomic E-state index is 0.736. The molecule has 24 heavy (non-hydrogen) atoms. The van der Waals surface area contributed by atoms with Gasteiger partial charge in [0.05, 0.1) is 0 Å². The summed E-state index contributed by atoms with van der Waals surface area (Å²) in [5.74, 6) is 0. The SMILES string of the molecule is ON=C(CN1CCCCC1)c1ccc(CCc2ccccc2)cc1. The van der Waals surface area contributed by atoms with Crippen molar-refractivity contribution in [3.8, 4) is 0 Å². The second kappa shape index (κ2) is 8.65. The third-order valence-electron chi connectivity index (χ3n) is 4.78. The van der Waals surface area contributed by atoms with Gasteiger partial charge in [-0.2, -0.15) is 0 Å². The summed E-state index contributed by atoms with van der Waals surface area (Å²) < 4.78 is 0. The maximum atomic E-state index is 9.39. The first-order chi connectivity index (χ1) is 11.8. The molecule has 1 aliphatic heterocycles. The normalized spacial score (nSPS) is 16.2. The molecule has 126 valence electrons. The summed E-state index contributed by atoms with van der Waals surface area (Å²) in [6, 6.07) is 19.0. The molecule has 3 rings (SSSR count). The van der Waals surface area contributed by atoms with E-state index in [2.05, 4.69) is 64.7 Å². The molecular formula is C21H26N2O. The lowest BCUT2D eigenvalue weighted by Crippen LogP contribution is -2.34. The number of piperidine rings is 1. The van der Waals surface area contributed by atoms with Crippen LogP contribution in [0.3, 0.4) is 0 Å². The average molecular weight is 322 g/mol. The summed E-state index contributed by atoms with van der Waals surface area (Å²) in [5.41, 5.74) is 4.47. The Kier molecular flexibility index (Phi) is 6.02. The molecule has 2 aromatic rings. The standard InChI is InChI=1S/C21H26N2O/c24-22-21(17-23-15-5-2-6-16-23)20-13-11-19(12-14-20)10-9-18-7-3-1-4-8-18/h1,3-4,7-8,11-14,24H,2,5-6,9-10,15-17H2. The van der Waals surface area contributed by atoms with Crippen molar-refractivity contribution in [2.45, 2.75) is 32.1 Å². The maximum Gasteiger partial charge on any atom is 0.101 e. The second-order valence-corrected chi connectivity index (χ2v) is 6.57. The van der Waals surface area contributed by atoms with Gasteiger partial charge in [0.2, 0.25) is 0 Å². The van der Waals surface area contributed by atoms with Crippen molar-refractivity contribution in [2.75, 3.05) is 19.6 Å². The molecule has 1 heterocycles. The predicted molar refractivity (Wildman–Crippen MR) is 98.9 cm³/mol. The lowest BCUT2D eigenvalue weighted by atomic mass is 10.0. The molecule has 3 nitrogen and oxygen atoms in total. The lowest BCUT2D eigenvalue weighted by molar-refractivity contribution is 0.253. The third kappa shape index (κ3) is 4.68. The van der Waals surface area contributed by atoms with E-state index >= 15 is 0 Å². The third-order valence-corrected chi connectivity index (χ3v) is 4.78. The van der Waals surface area contributed by atoms with Gasteiger partial charge in [-0.15, -0.1) is 0 Å². The van der Waals surface area contributed by atoms with Crippen molar-refractivity contribution >= 4 is 5.71 Å². The fraction of sp³-hybridized carbons (Fsp3) is 0.381. The minimum absolute atomic E-state index is 0.736. The van der Waals surface area contributed by atoms with E-state index in [9.17, 15) is 5.21 Å². The van der Waals surface area contributed by atoms with Gasteiger partial charge < -0.3 is 5.21 Å². The van der Waals surface area contributed by atoms with E-state index in [1.165, 1.54) is 30.4 Å².